The Balaban J connectivity index is 1.96. The summed E-state index contributed by atoms with van der Waals surface area (Å²) in [5, 5.41) is 0. The lowest BCUT2D eigenvalue weighted by atomic mass is 9.91. The Labute approximate surface area is 118 Å². The number of aromatic nitrogens is 1. The van der Waals surface area contributed by atoms with Crippen molar-refractivity contribution in [3.8, 4) is 0 Å². The Hall–Kier alpha value is -1.88. The number of benzene rings is 1. The van der Waals surface area contributed by atoms with Gasteiger partial charge in [-0.25, -0.2) is 8.42 Å². The van der Waals surface area contributed by atoms with E-state index in [4.69, 9.17) is 0 Å². The van der Waals surface area contributed by atoms with Crippen LogP contribution in [0.2, 0.25) is 0 Å². The highest BCUT2D eigenvalue weighted by molar-refractivity contribution is 7.92. The third kappa shape index (κ3) is 2.54. The summed E-state index contributed by atoms with van der Waals surface area (Å²) in [4.78, 5) is 4.05. The summed E-state index contributed by atoms with van der Waals surface area (Å²) < 4.78 is 27.4. The number of nitrogens with zero attached hydrogens (tertiary/aromatic N) is 1. The quantitative estimate of drug-likeness (QED) is 0.944. The number of hydrogen-bond donors (Lipinski definition) is 1. The highest BCUT2D eigenvalue weighted by Crippen LogP contribution is 2.29. The molecule has 1 N–H and O–H groups in total. The minimum Gasteiger partial charge on any atom is -0.279 e. The monoisotopic (exact) mass is 288 g/mol. The molecule has 0 radical (unpaired) electrons. The molecule has 1 aliphatic rings. The van der Waals surface area contributed by atoms with Crippen LogP contribution < -0.4 is 4.72 Å². The van der Waals surface area contributed by atoms with Gasteiger partial charge in [-0.05, 0) is 55.0 Å². The van der Waals surface area contributed by atoms with E-state index < -0.39 is 10.0 Å². The second kappa shape index (κ2) is 5.25. The summed E-state index contributed by atoms with van der Waals surface area (Å²) in [6.45, 7) is 0. The summed E-state index contributed by atoms with van der Waals surface area (Å²) in [6, 6.07) is 8.99. The molecule has 1 aliphatic carbocycles. The fourth-order valence-electron chi connectivity index (χ4n) is 2.59. The molecule has 3 rings (SSSR count). The number of pyridine rings is 1. The fraction of sp³-hybridized carbons (Fsp3) is 0.267. The number of sulfonamides is 1. The van der Waals surface area contributed by atoms with Crippen molar-refractivity contribution in [1.29, 1.82) is 0 Å². The SMILES string of the molecule is O=S(=O)(Nc1cccc2c1CCCC2)c1cccnc1. The van der Waals surface area contributed by atoms with Crippen molar-refractivity contribution in [1.82, 2.24) is 4.98 Å². The number of nitrogens with one attached hydrogen (secondary N) is 1. The van der Waals surface area contributed by atoms with Crippen molar-refractivity contribution in [3.63, 3.8) is 0 Å². The Morgan fingerprint density at radius 1 is 1.05 bits per heavy atom. The van der Waals surface area contributed by atoms with Gasteiger partial charge in [-0.3, -0.25) is 9.71 Å². The molecule has 0 saturated heterocycles. The van der Waals surface area contributed by atoms with Crippen molar-refractivity contribution in [2.24, 2.45) is 0 Å². The molecule has 4 nitrogen and oxygen atoms in total. The summed E-state index contributed by atoms with van der Waals surface area (Å²) in [7, 11) is -3.56. The number of hydrogen-bond acceptors (Lipinski definition) is 3. The third-order valence-corrected chi connectivity index (χ3v) is 4.94. The average Bonchev–Trinajstić information content (AvgIpc) is 2.48. The maximum absolute atomic E-state index is 12.3. The molecule has 5 heteroatoms. The first-order valence-corrected chi connectivity index (χ1v) is 8.19. The molecule has 1 aromatic carbocycles. The van der Waals surface area contributed by atoms with E-state index in [2.05, 4.69) is 15.8 Å². The van der Waals surface area contributed by atoms with Crippen molar-refractivity contribution in [2.45, 2.75) is 30.6 Å². The van der Waals surface area contributed by atoms with Crippen LogP contribution in [0.5, 0.6) is 0 Å². The molecule has 0 aliphatic heterocycles. The zero-order chi connectivity index (χ0) is 14.0. The number of aryl methyl sites for hydroxylation is 1. The standard InChI is InChI=1S/C15H16N2O2S/c18-20(19,13-7-4-10-16-11-13)17-15-9-3-6-12-5-1-2-8-14(12)15/h3-4,6-7,9-11,17H,1-2,5,8H2. The number of fused-ring (bicyclic) bond motifs is 1. The Bertz CT molecular complexity index is 712. The van der Waals surface area contributed by atoms with Gasteiger partial charge in [0.1, 0.15) is 4.90 Å². The highest BCUT2D eigenvalue weighted by Gasteiger charge is 2.18. The smallest absolute Gasteiger partial charge is 0.263 e. The molecule has 104 valence electrons. The topological polar surface area (TPSA) is 59.1 Å². The van der Waals surface area contributed by atoms with E-state index in [-0.39, 0.29) is 4.90 Å². The summed E-state index contributed by atoms with van der Waals surface area (Å²) >= 11 is 0. The van der Waals surface area contributed by atoms with E-state index in [1.54, 1.807) is 18.3 Å². The summed E-state index contributed by atoms with van der Waals surface area (Å²) in [6.07, 6.45) is 7.16. The van der Waals surface area contributed by atoms with Gasteiger partial charge in [0.05, 0.1) is 5.69 Å². The maximum Gasteiger partial charge on any atom is 0.263 e. The van der Waals surface area contributed by atoms with E-state index in [1.165, 1.54) is 18.2 Å². The lowest BCUT2D eigenvalue weighted by molar-refractivity contribution is 0.600. The van der Waals surface area contributed by atoms with Crippen LogP contribution in [0.15, 0.2) is 47.6 Å². The van der Waals surface area contributed by atoms with Crippen molar-refractivity contribution >= 4 is 15.7 Å². The van der Waals surface area contributed by atoms with Crippen LogP contribution in [0.25, 0.3) is 0 Å². The molecule has 1 aromatic heterocycles. The number of rotatable bonds is 3. The van der Waals surface area contributed by atoms with Crippen molar-refractivity contribution < 1.29 is 8.42 Å². The fourth-order valence-corrected chi connectivity index (χ4v) is 3.64. The van der Waals surface area contributed by atoms with Crippen LogP contribution in [0.4, 0.5) is 5.69 Å². The zero-order valence-corrected chi connectivity index (χ0v) is 11.9. The predicted molar refractivity (Wildman–Crippen MR) is 78.1 cm³/mol. The van der Waals surface area contributed by atoms with Gasteiger partial charge in [-0.2, -0.15) is 0 Å². The first kappa shape index (κ1) is 13.1. The van der Waals surface area contributed by atoms with Crippen LogP contribution in [0.1, 0.15) is 24.0 Å². The molecule has 0 spiro atoms. The lowest BCUT2D eigenvalue weighted by Gasteiger charge is -2.20. The predicted octanol–water partition coefficient (Wildman–Crippen LogP) is 2.76. The average molecular weight is 288 g/mol. The Morgan fingerprint density at radius 3 is 2.70 bits per heavy atom. The molecule has 0 saturated carbocycles. The van der Waals surface area contributed by atoms with Gasteiger partial charge in [-0.15, -0.1) is 0 Å². The van der Waals surface area contributed by atoms with Crippen molar-refractivity contribution in [2.75, 3.05) is 4.72 Å². The van der Waals surface area contributed by atoms with Gasteiger partial charge >= 0.3 is 0 Å². The van der Waals surface area contributed by atoms with Gasteiger partial charge in [0.2, 0.25) is 0 Å². The molecule has 0 bridgehead atoms. The van der Waals surface area contributed by atoms with E-state index in [1.807, 2.05) is 12.1 Å². The molecule has 2 aromatic rings. The molecule has 0 fully saturated rings. The first-order valence-electron chi connectivity index (χ1n) is 6.70. The molecule has 1 heterocycles. The van der Waals surface area contributed by atoms with E-state index >= 15 is 0 Å². The Morgan fingerprint density at radius 2 is 1.90 bits per heavy atom. The Kier molecular flexibility index (Phi) is 3.44. The highest BCUT2D eigenvalue weighted by atomic mass is 32.2. The molecular weight excluding hydrogens is 272 g/mol. The first-order chi connectivity index (χ1) is 9.67. The van der Waals surface area contributed by atoms with Gasteiger partial charge in [0.25, 0.3) is 10.0 Å². The molecule has 20 heavy (non-hydrogen) atoms. The van der Waals surface area contributed by atoms with E-state index in [0.717, 1.165) is 24.8 Å². The van der Waals surface area contributed by atoms with Gasteiger partial charge in [0.15, 0.2) is 0 Å². The second-order valence-electron chi connectivity index (χ2n) is 4.94. The normalized spacial score (nSPS) is 14.6. The van der Waals surface area contributed by atoms with Crippen LogP contribution in [0.3, 0.4) is 0 Å². The van der Waals surface area contributed by atoms with Crippen LogP contribution in [-0.2, 0) is 22.9 Å². The van der Waals surface area contributed by atoms with Crippen LogP contribution >= 0.6 is 0 Å². The molecule has 0 amide bonds. The lowest BCUT2D eigenvalue weighted by Crippen LogP contribution is -2.16. The van der Waals surface area contributed by atoms with Crippen LogP contribution in [0, 0.1) is 0 Å². The van der Waals surface area contributed by atoms with Gasteiger partial charge < -0.3 is 0 Å². The minimum absolute atomic E-state index is 0.188. The van der Waals surface area contributed by atoms with Crippen molar-refractivity contribution in [3.05, 3.63) is 53.9 Å². The molecule has 0 atom stereocenters. The molecule has 0 unspecified atom stereocenters. The summed E-state index contributed by atoms with van der Waals surface area (Å²) in [5.74, 6) is 0. The second-order valence-corrected chi connectivity index (χ2v) is 6.63. The van der Waals surface area contributed by atoms with Gasteiger partial charge in [0, 0.05) is 12.4 Å². The van der Waals surface area contributed by atoms with Gasteiger partial charge in [-0.1, -0.05) is 12.1 Å². The largest absolute Gasteiger partial charge is 0.279 e. The van der Waals surface area contributed by atoms with E-state index in [9.17, 15) is 8.42 Å². The molecular formula is C15H16N2O2S. The third-order valence-electron chi connectivity index (χ3n) is 3.58. The summed E-state index contributed by atoms with van der Waals surface area (Å²) in [5.41, 5.74) is 3.08. The maximum atomic E-state index is 12.3. The number of anilines is 1. The van der Waals surface area contributed by atoms with E-state index in [0.29, 0.717) is 5.69 Å². The zero-order valence-electron chi connectivity index (χ0n) is 11.0. The van der Waals surface area contributed by atoms with Crippen LogP contribution in [-0.4, -0.2) is 13.4 Å². The minimum atomic E-state index is -3.56.